The lowest BCUT2D eigenvalue weighted by atomic mass is 9.79. The Kier molecular flexibility index (Phi) is 6.84. The van der Waals surface area contributed by atoms with E-state index in [1.165, 1.54) is 18.3 Å². The summed E-state index contributed by atoms with van der Waals surface area (Å²) in [7, 11) is 0. The maximum absolute atomic E-state index is 14.7. The summed E-state index contributed by atoms with van der Waals surface area (Å²) < 4.78 is 43.8. The molecule has 0 aromatic carbocycles. The predicted molar refractivity (Wildman–Crippen MR) is 105 cm³/mol. The molecule has 1 fully saturated rings. The maximum Gasteiger partial charge on any atom is 0.276 e. The molecule has 0 aliphatic heterocycles. The lowest BCUT2D eigenvalue weighted by molar-refractivity contribution is -0.125. The fraction of sp³-hybridized carbons (Fsp3) is 0.632. The minimum Gasteiger partial charge on any atom is -0.474 e. The molecule has 29 heavy (non-hydrogen) atoms. The molecule has 1 aliphatic rings. The number of nitrogens with zero attached hydrogens (tertiary/aromatic N) is 2. The van der Waals surface area contributed by atoms with Crippen molar-refractivity contribution in [3.05, 3.63) is 12.1 Å². The molecule has 2 aromatic rings. The summed E-state index contributed by atoms with van der Waals surface area (Å²) in [5.74, 6) is 0.177. The van der Waals surface area contributed by atoms with Crippen molar-refractivity contribution in [2.75, 3.05) is 19.9 Å². The summed E-state index contributed by atoms with van der Waals surface area (Å²) in [6, 6.07) is 3.22. The molecule has 160 valence electrons. The van der Waals surface area contributed by atoms with Crippen LogP contribution in [0.15, 0.2) is 12.1 Å². The van der Waals surface area contributed by atoms with Crippen LogP contribution >= 0.6 is 11.3 Å². The van der Waals surface area contributed by atoms with Crippen LogP contribution in [0, 0.1) is 0 Å². The molecule has 1 aliphatic carbocycles. The third-order valence-electron chi connectivity index (χ3n) is 4.43. The number of aromatic nitrogens is 2. The molecule has 2 heterocycles. The molecule has 1 amide bonds. The second-order valence-electron chi connectivity index (χ2n) is 7.44. The Morgan fingerprint density at radius 2 is 2.14 bits per heavy atom. The summed E-state index contributed by atoms with van der Waals surface area (Å²) >= 11 is 1.19. The molecule has 10 heteroatoms. The first kappa shape index (κ1) is 21.6. The van der Waals surface area contributed by atoms with Gasteiger partial charge in [0.25, 0.3) is 5.19 Å². The number of fused-ring (bicyclic) bond motifs is 1. The Morgan fingerprint density at radius 3 is 2.83 bits per heavy atom. The first-order valence-electron chi connectivity index (χ1n) is 9.47. The smallest absolute Gasteiger partial charge is 0.276 e. The van der Waals surface area contributed by atoms with Crippen molar-refractivity contribution in [3.63, 3.8) is 0 Å². The fourth-order valence-corrected chi connectivity index (χ4v) is 3.85. The minimum absolute atomic E-state index is 0.115. The van der Waals surface area contributed by atoms with Crippen LogP contribution in [0.2, 0.25) is 0 Å². The summed E-state index contributed by atoms with van der Waals surface area (Å²) in [4.78, 5) is 20.1. The van der Waals surface area contributed by atoms with E-state index in [0.717, 1.165) is 0 Å². The quantitative estimate of drug-likeness (QED) is 0.625. The van der Waals surface area contributed by atoms with Crippen molar-refractivity contribution >= 4 is 27.6 Å². The van der Waals surface area contributed by atoms with Gasteiger partial charge in [0, 0.05) is 31.9 Å². The number of thiazole rings is 1. The largest absolute Gasteiger partial charge is 0.474 e. The number of hydrogen-bond acceptors (Lipinski definition) is 7. The molecular weight excluding hydrogens is 404 g/mol. The van der Waals surface area contributed by atoms with Gasteiger partial charge in [-0.2, -0.15) is 0 Å². The SMILES string of the molecule is CC(=O)N[C@@H](C)COC1CC(F)(COc2ccc3nc(OC(C)CF)sc3n2)C1. The number of carbonyl (C=O) groups excluding carboxylic acids is 1. The molecule has 7 nitrogen and oxygen atoms in total. The molecule has 3 rings (SSSR count). The topological polar surface area (TPSA) is 82.6 Å². The number of carbonyl (C=O) groups is 1. The Bertz CT molecular complexity index is 844. The van der Waals surface area contributed by atoms with Gasteiger partial charge in [0.2, 0.25) is 11.8 Å². The van der Waals surface area contributed by atoms with Crippen molar-refractivity contribution in [2.24, 2.45) is 0 Å². The summed E-state index contributed by atoms with van der Waals surface area (Å²) in [5.41, 5.74) is -0.847. The summed E-state index contributed by atoms with van der Waals surface area (Å²) in [5, 5.41) is 3.06. The van der Waals surface area contributed by atoms with Crippen molar-refractivity contribution in [1.82, 2.24) is 15.3 Å². The van der Waals surface area contributed by atoms with E-state index >= 15 is 0 Å². The molecule has 1 N–H and O–H groups in total. The fourth-order valence-electron chi connectivity index (χ4n) is 2.98. The Balaban J connectivity index is 1.46. The lowest BCUT2D eigenvalue weighted by Crippen LogP contribution is -2.50. The van der Waals surface area contributed by atoms with E-state index in [2.05, 4.69) is 15.3 Å². The number of nitrogens with one attached hydrogen (secondary N) is 1. The first-order valence-corrected chi connectivity index (χ1v) is 10.3. The Labute approximate surface area is 171 Å². The zero-order valence-electron chi connectivity index (χ0n) is 16.6. The van der Waals surface area contributed by atoms with Crippen LogP contribution in [0.5, 0.6) is 11.1 Å². The molecular formula is C19H25F2N3O4S. The normalized spacial score (nSPS) is 23.3. The molecule has 1 saturated carbocycles. The van der Waals surface area contributed by atoms with Gasteiger partial charge in [0.05, 0.1) is 12.7 Å². The van der Waals surface area contributed by atoms with Gasteiger partial charge in [-0.25, -0.2) is 18.7 Å². The third-order valence-corrected chi connectivity index (χ3v) is 5.28. The van der Waals surface area contributed by atoms with Gasteiger partial charge in [0.1, 0.15) is 30.6 Å². The summed E-state index contributed by atoms with van der Waals surface area (Å²) in [6.45, 7) is 4.52. The zero-order chi connectivity index (χ0) is 21.0. The predicted octanol–water partition coefficient (Wildman–Crippen LogP) is 3.22. The van der Waals surface area contributed by atoms with Crippen molar-refractivity contribution < 1.29 is 27.8 Å². The van der Waals surface area contributed by atoms with Crippen LogP contribution in [-0.4, -0.2) is 59.7 Å². The van der Waals surface area contributed by atoms with Crippen LogP contribution in [-0.2, 0) is 9.53 Å². The number of alkyl halides is 2. The highest BCUT2D eigenvalue weighted by Gasteiger charge is 2.46. The van der Waals surface area contributed by atoms with Gasteiger partial charge in [-0.05, 0) is 19.9 Å². The molecule has 0 spiro atoms. The van der Waals surface area contributed by atoms with E-state index in [1.54, 1.807) is 19.1 Å². The van der Waals surface area contributed by atoms with Crippen molar-refractivity contribution in [3.8, 4) is 11.1 Å². The van der Waals surface area contributed by atoms with E-state index in [-0.39, 0.29) is 37.5 Å². The molecule has 0 saturated heterocycles. The number of rotatable bonds is 10. The monoisotopic (exact) mass is 429 g/mol. The van der Waals surface area contributed by atoms with E-state index in [9.17, 15) is 13.6 Å². The molecule has 0 radical (unpaired) electrons. The molecule has 2 aromatic heterocycles. The maximum atomic E-state index is 14.7. The van der Waals surface area contributed by atoms with Crippen molar-refractivity contribution in [1.29, 1.82) is 0 Å². The number of amides is 1. The standard InChI is InChI=1S/C19H25F2N3O4S/c1-11(22-13(3)25)9-26-14-6-19(21,7-14)10-27-16-5-4-15-17(24-16)29-18(23-15)28-12(2)8-20/h4-5,11-12,14H,6-10H2,1-3H3,(H,22,25)/t11-,12?,14?,19?/m0/s1. The lowest BCUT2D eigenvalue weighted by Gasteiger charge is -2.40. The highest BCUT2D eigenvalue weighted by Crippen LogP contribution is 2.39. The van der Waals surface area contributed by atoms with Crippen LogP contribution in [0.3, 0.4) is 0 Å². The average Bonchev–Trinajstić information content (AvgIpc) is 3.03. The van der Waals surface area contributed by atoms with E-state index in [0.29, 0.717) is 28.0 Å². The number of ether oxygens (including phenoxy) is 3. The second-order valence-corrected chi connectivity index (χ2v) is 8.38. The Hall–Kier alpha value is -2.07. The van der Waals surface area contributed by atoms with Gasteiger partial charge >= 0.3 is 0 Å². The minimum atomic E-state index is -1.46. The zero-order valence-corrected chi connectivity index (χ0v) is 17.4. The molecule has 1 unspecified atom stereocenters. The number of halogens is 2. The first-order chi connectivity index (χ1) is 13.8. The molecule has 2 atom stereocenters. The van der Waals surface area contributed by atoms with Crippen LogP contribution in [0.1, 0.15) is 33.6 Å². The van der Waals surface area contributed by atoms with Gasteiger partial charge in [-0.3, -0.25) is 4.79 Å². The number of pyridine rings is 1. The summed E-state index contributed by atoms with van der Waals surface area (Å²) in [6.07, 6.45) is -0.287. The van der Waals surface area contributed by atoms with Crippen LogP contribution in [0.25, 0.3) is 10.3 Å². The van der Waals surface area contributed by atoms with Crippen LogP contribution < -0.4 is 14.8 Å². The van der Waals surface area contributed by atoms with Gasteiger partial charge < -0.3 is 19.5 Å². The molecule has 0 bridgehead atoms. The average molecular weight is 429 g/mol. The van der Waals surface area contributed by atoms with E-state index < -0.39 is 18.4 Å². The van der Waals surface area contributed by atoms with Gasteiger partial charge in [-0.1, -0.05) is 11.3 Å². The van der Waals surface area contributed by atoms with Gasteiger partial charge in [-0.15, -0.1) is 0 Å². The van der Waals surface area contributed by atoms with Crippen LogP contribution in [0.4, 0.5) is 8.78 Å². The highest BCUT2D eigenvalue weighted by molar-refractivity contribution is 7.19. The van der Waals surface area contributed by atoms with Crippen molar-refractivity contribution in [2.45, 2.75) is 57.5 Å². The third kappa shape index (κ3) is 5.96. The second kappa shape index (κ2) is 9.17. The highest BCUT2D eigenvalue weighted by atomic mass is 32.1. The Morgan fingerprint density at radius 1 is 1.38 bits per heavy atom. The van der Waals surface area contributed by atoms with Gasteiger partial charge in [0.15, 0.2) is 4.83 Å². The number of hydrogen-bond donors (Lipinski definition) is 1. The van der Waals surface area contributed by atoms with E-state index in [1.807, 2.05) is 6.92 Å². The van der Waals surface area contributed by atoms with E-state index in [4.69, 9.17) is 14.2 Å².